The van der Waals surface area contributed by atoms with Gasteiger partial charge in [0.25, 0.3) is 0 Å². The minimum absolute atomic E-state index is 0.142. The maximum atomic E-state index is 12.9. The van der Waals surface area contributed by atoms with Crippen molar-refractivity contribution in [3.8, 4) is 0 Å². The number of carbonyl (C=O) groups is 2. The molecule has 0 aliphatic carbocycles. The van der Waals surface area contributed by atoms with E-state index in [1.165, 1.54) is 7.11 Å². The van der Waals surface area contributed by atoms with Crippen molar-refractivity contribution in [1.29, 1.82) is 0 Å². The van der Waals surface area contributed by atoms with Crippen LogP contribution in [0.2, 0.25) is 5.02 Å². The zero-order chi connectivity index (χ0) is 20.7. The number of aliphatic imine (C=N–C) groups is 1. The molecule has 0 aromatic heterocycles. The number of hydrogen-bond acceptors (Lipinski definition) is 6. The molecule has 0 fully saturated rings. The highest BCUT2D eigenvalue weighted by molar-refractivity contribution is 14.1. The summed E-state index contributed by atoms with van der Waals surface area (Å²) >= 11 is 8.65. The predicted molar refractivity (Wildman–Crippen MR) is 116 cm³/mol. The molecule has 0 saturated heterocycles. The fourth-order valence-corrected chi connectivity index (χ4v) is 3.78. The van der Waals surface area contributed by atoms with Gasteiger partial charge in [0.05, 0.1) is 38.2 Å². The van der Waals surface area contributed by atoms with E-state index in [1.54, 1.807) is 32.0 Å². The molecule has 28 heavy (non-hydrogen) atoms. The minimum Gasteiger partial charge on any atom is -0.468 e. The van der Waals surface area contributed by atoms with E-state index in [1.807, 2.05) is 6.07 Å². The lowest BCUT2D eigenvalue weighted by atomic mass is 9.75. The third-order valence-electron chi connectivity index (χ3n) is 4.37. The lowest BCUT2D eigenvalue weighted by molar-refractivity contribution is -0.144. The Morgan fingerprint density at radius 2 is 2.00 bits per heavy atom. The molecule has 1 aliphatic heterocycles. The van der Waals surface area contributed by atoms with Crippen LogP contribution in [0.25, 0.3) is 0 Å². The highest BCUT2D eigenvalue weighted by Crippen LogP contribution is 2.42. The van der Waals surface area contributed by atoms with Gasteiger partial charge < -0.3 is 14.2 Å². The van der Waals surface area contributed by atoms with Gasteiger partial charge in [0.2, 0.25) is 0 Å². The molecule has 0 saturated carbocycles. The Bertz CT molecular complexity index is 793. The van der Waals surface area contributed by atoms with E-state index < -0.39 is 23.8 Å². The van der Waals surface area contributed by atoms with Crippen molar-refractivity contribution in [2.24, 2.45) is 10.9 Å². The number of ether oxygens (including phenoxy) is 3. The van der Waals surface area contributed by atoms with E-state index in [9.17, 15) is 9.59 Å². The van der Waals surface area contributed by atoms with Crippen molar-refractivity contribution in [2.45, 2.75) is 19.8 Å². The van der Waals surface area contributed by atoms with Gasteiger partial charge in [-0.05, 0) is 25.5 Å². The molecule has 1 aromatic rings. The number of halogens is 2. The summed E-state index contributed by atoms with van der Waals surface area (Å²) in [5.41, 5.74) is 1.91. The fourth-order valence-electron chi connectivity index (χ4n) is 3.21. The summed E-state index contributed by atoms with van der Waals surface area (Å²) in [7, 11) is 1.31. The van der Waals surface area contributed by atoms with Gasteiger partial charge in [-0.2, -0.15) is 0 Å². The van der Waals surface area contributed by atoms with E-state index >= 15 is 0 Å². The Kier molecular flexibility index (Phi) is 8.91. The number of esters is 2. The van der Waals surface area contributed by atoms with Crippen molar-refractivity contribution < 1.29 is 23.8 Å². The molecule has 152 valence electrons. The maximum absolute atomic E-state index is 12.9. The van der Waals surface area contributed by atoms with E-state index in [4.69, 9.17) is 25.8 Å². The Labute approximate surface area is 183 Å². The monoisotopic (exact) mass is 519 g/mol. The molecule has 8 heteroatoms. The molecule has 0 bridgehead atoms. The van der Waals surface area contributed by atoms with Gasteiger partial charge in [0.15, 0.2) is 0 Å². The van der Waals surface area contributed by atoms with Crippen LogP contribution >= 0.6 is 34.2 Å². The van der Waals surface area contributed by atoms with Gasteiger partial charge in [-0.3, -0.25) is 9.79 Å². The number of rotatable bonds is 8. The molecular weight excluding hydrogens is 497 g/mol. The molecule has 0 radical (unpaired) electrons. The first-order valence-corrected chi connectivity index (χ1v) is 10.8. The van der Waals surface area contributed by atoms with Crippen molar-refractivity contribution >= 4 is 51.8 Å². The predicted octanol–water partition coefficient (Wildman–Crippen LogP) is 3.96. The van der Waals surface area contributed by atoms with Crippen LogP contribution in [0.15, 0.2) is 40.5 Å². The number of nitrogens with zero attached hydrogens (tertiary/aromatic N) is 1. The first-order valence-electron chi connectivity index (χ1n) is 8.87. The largest absolute Gasteiger partial charge is 0.468 e. The summed E-state index contributed by atoms with van der Waals surface area (Å²) in [5, 5.41) is 0.449. The lowest BCUT2D eigenvalue weighted by Gasteiger charge is -2.32. The van der Waals surface area contributed by atoms with Crippen LogP contribution < -0.4 is 0 Å². The average molecular weight is 520 g/mol. The standard InChI is InChI=1S/C20H23ClINO5/c1-4-28-20(25)18-15(11-27-10-9-22)23-12(2)16(19(24)26-3)17(18)13-7-5-6-8-14(13)21/h5-8,16-17H,4,9-11H2,1-3H3. The van der Waals surface area contributed by atoms with Gasteiger partial charge in [0.1, 0.15) is 5.92 Å². The quantitative estimate of drug-likeness (QED) is 0.225. The average Bonchev–Trinajstić information content (AvgIpc) is 2.67. The Morgan fingerprint density at radius 3 is 2.61 bits per heavy atom. The summed E-state index contributed by atoms with van der Waals surface area (Å²) in [6.45, 7) is 4.33. The molecule has 0 N–H and O–H groups in total. The summed E-state index contributed by atoms with van der Waals surface area (Å²) < 4.78 is 16.7. The lowest BCUT2D eigenvalue weighted by Crippen LogP contribution is -2.37. The first kappa shape index (κ1) is 22.8. The van der Waals surface area contributed by atoms with Crippen molar-refractivity contribution in [1.82, 2.24) is 0 Å². The zero-order valence-electron chi connectivity index (χ0n) is 16.0. The molecule has 1 heterocycles. The van der Waals surface area contributed by atoms with Gasteiger partial charge in [0, 0.05) is 21.1 Å². The molecule has 2 atom stereocenters. The molecule has 6 nitrogen and oxygen atoms in total. The summed E-state index contributed by atoms with van der Waals surface area (Å²) in [5.74, 6) is -2.47. The topological polar surface area (TPSA) is 74.2 Å². The molecule has 2 unspecified atom stereocenters. The van der Waals surface area contributed by atoms with Crippen molar-refractivity contribution in [3.63, 3.8) is 0 Å². The molecule has 0 spiro atoms. The summed E-state index contributed by atoms with van der Waals surface area (Å²) in [6, 6.07) is 7.12. The molecular formula is C20H23ClINO5. The fraction of sp³-hybridized carbons (Fsp3) is 0.450. The number of alkyl halides is 1. The number of methoxy groups -OCH3 is 1. The van der Waals surface area contributed by atoms with Gasteiger partial charge in [-0.1, -0.05) is 52.4 Å². The molecule has 2 rings (SSSR count). The maximum Gasteiger partial charge on any atom is 0.336 e. The zero-order valence-corrected chi connectivity index (χ0v) is 19.0. The Balaban J connectivity index is 2.67. The van der Waals surface area contributed by atoms with Gasteiger partial charge in [-0.15, -0.1) is 0 Å². The summed E-state index contributed by atoms with van der Waals surface area (Å²) in [6.07, 6.45) is 0. The van der Waals surface area contributed by atoms with Crippen LogP contribution in [-0.2, 0) is 23.8 Å². The van der Waals surface area contributed by atoms with Crippen LogP contribution in [0.5, 0.6) is 0 Å². The smallest absolute Gasteiger partial charge is 0.336 e. The highest BCUT2D eigenvalue weighted by atomic mass is 127. The van der Waals surface area contributed by atoms with Gasteiger partial charge >= 0.3 is 11.9 Å². The molecule has 1 aromatic carbocycles. The van der Waals surface area contributed by atoms with Crippen LogP contribution in [0.1, 0.15) is 25.3 Å². The third-order valence-corrected chi connectivity index (χ3v) is 5.15. The third kappa shape index (κ3) is 5.12. The molecule has 1 aliphatic rings. The van der Waals surface area contributed by atoms with E-state index in [0.717, 1.165) is 4.43 Å². The Hall–Kier alpha value is -1.45. The first-order chi connectivity index (χ1) is 13.5. The van der Waals surface area contributed by atoms with E-state index in [2.05, 4.69) is 27.6 Å². The SMILES string of the molecule is CCOC(=O)C1=C(COCCI)N=C(C)C(C(=O)OC)C1c1ccccc1Cl. The summed E-state index contributed by atoms with van der Waals surface area (Å²) in [4.78, 5) is 30.0. The molecule has 0 amide bonds. The van der Waals surface area contributed by atoms with E-state index in [0.29, 0.717) is 28.6 Å². The van der Waals surface area contributed by atoms with Crippen LogP contribution in [0.3, 0.4) is 0 Å². The van der Waals surface area contributed by atoms with E-state index in [-0.39, 0.29) is 18.8 Å². The normalized spacial score (nSPS) is 19.2. The van der Waals surface area contributed by atoms with Crippen LogP contribution in [0.4, 0.5) is 0 Å². The number of benzene rings is 1. The van der Waals surface area contributed by atoms with Crippen LogP contribution in [0, 0.1) is 5.92 Å². The second kappa shape index (κ2) is 10.9. The Morgan fingerprint density at radius 1 is 1.29 bits per heavy atom. The van der Waals surface area contributed by atoms with Crippen molar-refractivity contribution in [2.75, 3.05) is 31.4 Å². The van der Waals surface area contributed by atoms with Gasteiger partial charge in [-0.25, -0.2) is 4.79 Å². The second-order valence-corrected chi connectivity index (χ2v) is 7.56. The number of hydrogen-bond donors (Lipinski definition) is 0. The van der Waals surface area contributed by atoms with Crippen LogP contribution in [-0.4, -0.2) is 49.0 Å². The van der Waals surface area contributed by atoms with Crippen molar-refractivity contribution in [3.05, 3.63) is 46.1 Å². The second-order valence-electron chi connectivity index (χ2n) is 6.08. The highest BCUT2D eigenvalue weighted by Gasteiger charge is 2.43. The number of carbonyl (C=O) groups excluding carboxylic acids is 2. The minimum atomic E-state index is -0.780.